The van der Waals surface area contributed by atoms with E-state index >= 15 is 0 Å². The van der Waals surface area contributed by atoms with Crippen LogP contribution in [0.2, 0.25) is 0 Å². The maximum Gasteiger partial charge on any atom is 0.234 e. The molecule has 2 N–H and O–H groups in total. The Bertz CT molecular complexity index is 665. The number of nitrogens with zero attached hydrogens (tertiary/aromatic N) is 2. The first-order valence-electron chi connectivity index (χ1n) is 8.21. The van der Waals surface area contributed by atoms with Crippen LogP contribution < -0.4 is 5.32 Å². The number of rotatable bonds is 7. The van der Waals surface area contributed by atoms with Crippen LogP contribution in [0.5, 0.6) is 0 Å². The van der Waals surface area contributed by atoms with E-state index in [1.54, 1.807) is 11.8 Å². The van der Waals surface area contributed by atoms with Gasteiger partial charge < -0.3 is 5.32 Å². The Kier molecular flexibility index (Phi) is 6.20. The first-order chi connectivity index (χ1) is 11.7. The van der Waals surface area contributed by atoms with Gasteiger partial charge >= 0.3 is 0 Å². The van der Waals surface area contributed by atoms with Crippen LogP contribution in [0.3, 0.4) is 0 Å². The Hall–Kier alpha value is -1.47. The average Bonchev–Trinajstić information content (AvgIpc) is 3.26. The molecule has 0 spiro atoms. The Morgan fingerprint density at radius 1 is 1.29 bits per heavy atom. The highest BCUT2D eigenvalue weighted by atomic mass is 32.2. The molecule has 1 amide bonds. The molecule has 0 bridgehead atoms. The van der Waals surface area contributed by atoms with Crippen LogP contribution in [0.25, 0.3) is 0 Å². The minimum Gasteiger partial charge on any atom is -0.325 e. The number of hydrogen-bond acceptors (Lipinski definition) is 5. The van der Waals surface area contributed by atoms with Gasteiger partial charge in [0.25, 0.3) is 0 Å². The number of aromatic nitrogens is 3. The quantitative estimate of drug-likeness (QED) is 0.729. The largest absolute Gasteiger partial charge is 0.325 e. The smallest absolute Gasteiger partial charge is 0.234 e. The van der Waals surface area contributed by atoms with E-state index in [2.05, 4.69) is 20.5 Å². The van der Waals surface area contributed by atoms with E-state index in [1.165, 1.54) is 42.3 Å². The molecule has 1 fully saturated rings. The lowest BCUT2D eigenvalue weighted by atomic mass is 10.0. The molecule has 3 rings (SSSR count). The van der Waals surface area contributed by atoms with Crippen molar-refractivity contribution in [2.24, 2.45) is 5.92 Å². The van der Waals surface area contributed by atoms with Gasteiger partial charge in [-0.2, -0.15) is 0 Å². The number of hydrogen-bond donors (Lipinski definition) is 2. The highest BCUT2D eigenvalue weighted by Crippen LogP contribution is 2.27. The fraction of sp³-hybridized carbons (Fsp3) is 0.471. The summed E-state index contributed by atoms with van der Waals surface area (Å²) in [7, 11) is 0. The Balaban J connectivity index is 1.44. The van der Waals surface area contributed by atoms with Crippen LogP contribution >= 0.6 is 23.5 Å². The Morgan fingerprint density at radius 3 is 2.75 bits per heavy atom. The number of carbonyl (C=O) groups is 1. The van der Waals surface area contributed by atoms with E-state index < -0.39 is 0 Å². The normalized spacial score (nSPS) is 14.9. The van der Waals surface area contributed by atoms with Gasteiger partial charge in [0, 0.05) is 17.0 Å². The molecule has 0 aliphatic heterocycles. The van der Waals surface area contributed by atoms with Crippen LogP contribution in [0.15, 0.2) is 34.3 Å². The predicted octanol–water partition coefficient (Wildman–Crippen LogP) is 3.99. The second-order valence-electron chi connectivity index (χ2n) is 5.98. The molecule has 1 aliphatic rings. The number of benzene rings is 1. The number of aromatic amines is 1. The molecule has 128 valence electrons. The maximum atomic E-state index is 12.0. The third-order valence-electron chi connectivity index (χ3n) is 4.17. The lowest BCUT2D eigenvalue weighted by Gasteiger charge is -2.05. The third-order valence-corrected chi connectivity index (χ3v) is 5.76. The second kappa shape index (κ2) is 8.58. The molecular weight excluding hydrogens is 340 g/mol. The zero-order chi connectivity index (χ0) is 16.8. The van der Waals surface area contributed by atoms with Crippen molar-refractivity contribution in [2.45, 2.75) is 42.2 Å². The van der Waals surface area contributed by atoms with Crippen molar-refractivity contribution in [1.29, 1.82) is 0 Å². The summed E-state index contributed by atoms with van der Waals surface area (Å²) in [6, 6.07) is 7.83. The minimum absolute atomic E-state index is 0.0426. The van der Waals surface area contributed by atoms with Crippen molar-refractivity contribution in [3.05, 3.63) is 30.1 Å². The summed E-state index contributed by atoms with van der Waals surface area (Å²) in [6.45, 7) is 0. The number of H-pyrrole nitrogens is 1. The summed E-state index contributed by atoms with van der Waals surface area (Å²) in [6.07, 6.45) is 8.25. The number of anilines is 1. The van der Waals surface area contributed by atoms with Gasteiger partial charge in [-0.15, -0.1) is 16.9 Å². The van der Waals surface area contributed by atoms with Gasteiger partial charge in [0.1, 0.15) is 5.82 Å². The van der Waals surface area contributed by atoms with Gasteiger partial charge in [-0.3, -0.25) is 9.89 Å². The number of amides is 1. The predicted molar refractivity (Wildman–Crippen MR) is 99.6 cm³/mol. The first-order valence-corrected chi connectivity index (χ1v) is 10.4. The van der Waals surface area contributed by atoms with Crippen LogP contribution in [0, 0.1) is 5.92 Å². The van der Waals surface area contributed by atoms with Gasteiger partial charge in [0.2, 0.25) is 11.1 Å². The van der Waals surface area contributed by atoms with Crippen molar-refractivity contribution >= 4 is 35.1 Å². The van der Waals surface area contributed by atoms with Crippen molar-refractivity contribution in [3.63, 3.8) is 0 Å². The number of thioether (sulfide) groups is 2. The van der Waals surface area contributed by atoms with E-state index in [9.17, 15) is 4.79 Å². The van der Waals surface area contributed by atoms with Crippen LogP contribution in [0.1, 0.15) is 31.5 Å². The number of carbonyl (C=O) groups excluding carboxylic acids is 1. The minimum atomic E-state index is -0.0426. The Morgan fingerprint density at radius 2 is 2.04 bits per heavy atom. The average molecular weight is 363 g/mol. The molecule has 1 aliphatic carbocycles. The van der Waals surface area contributed by atoms with Gasteiger partial charge in [0.15, 0.2) is 0 Å². The molecule has 0 radical (unpaired) electrons. The SMILES string of the molecule is CSc1ccc(NC(=O)CSc2n[nH]c(CC3CCCC3)n2)cc1. The molecule has 1 heterocycles. The lowest BCUT2D eigenvalue weighted by molar-refractivity contribution is -0.113. The summed E-state index contributed by atoms with van der Waals surface area (Å²) in [4.78, 5) is 17.7. The molecule has 0 saturated heterocycles. The lowest BCUT2D eigenvalue weighted by Crippen LogP contribution is -2.14. The van der Waals surface area contributed by atoms with Gasteiger partial charge in [0.05, 0.1) is 5.75 Å². The molecule has 0 atom stereocenters. The van der Waals surface area contributed by atoms with E-state index in [1.807, 2.05) is 30.5 Å². The molecule has 1 aromatic heterocycles. The first kappa shape index (κ1) is 17.4. The fourth-order valence-corrected chi connectivity index (χ4v) is 3.95. The maximum absolute atomic E-state index is 12.0. The zero-order valence-corrected chi connectivity index (χ0v) is 15.4. The summed E-state index contributed by atoms with van der Waals surface area (Å²) >= 11 is 3.05. The standard InChI is InChI=1S/C17H22N4OS2/c1-23-14-8-6-13(7-9-14)18-16(22)11-24-17-19-15(20-21-17)10-12-4-2-3-5-12/h6-9,12H,2-5,10-11H2,1H3,(H,18,22)(H,19,20,21). The van der Waals surface area contributed by atoms with E-state index in [0.29, 0.717) is 10.9 Å². The molecule has 1 saturated carbocycles. The van der Waals surface area contributed by atoms with E-state index in [4.69, 9.17) is 0 Å². The molecular formula is C17H22N4OS2. The summed E-state index contributed by atoms with van der Waals surface area (Å²) < 4.78 is 0. The van der Waals surface area contributed by atoms with Crippen molar-refractivity contribution in [2.75, 3.05) is 17.3 Å². The van der Waals surface area contributed by atoms with E-state index in [-0.39, 0.29) is 5.91 Å². The van der Waals surface area contributed by atoms with Crippen LogP contribution in [-0.4, -0.2) is 33.1 Å². The summed E-state index contributed by atoms with van der Waals surface area (Å²) in [5.41, 5.74) is 0.815. The van der Waals surface area contributed by atoms with Gasteiger partial charge in [-0.05, 0) is 36.4 Å². The number of nitrogens with one attached hydrogen (secondary N) is 2. The van der Waals surface area contributed by atoms with Crippen LogP contribution in [-0.2, 0) is 11.2 Å². The highest BCUT2D eigenvalue weighted by Gasteiger charge is 2.17. The molecule has 1 aromatic carbocycles. The second-order valence-corrected chi connectivity index (χ2v) is 7.81. The summed E-state index contributed by atoms with van der Waals surface area (Å²) in [5.74, 6) is 1.95. The third kappa shape index (κ3) is 5.01. The molecule has 24 heavy (non-hydrogen) atoms. The monoisotopic (exact) mass is 362 g/mol. The molecule has 7 heteroatoms. The molecule has 2 aromatic rings. The molecule has 5 nitrogen and oxygen atoms in total. The summed E-state index contributed by atoms with van der Waals surface area (Å²) in [5, 5.41) is 10.7. The van der Waals surface area contributed by atoms with Crippen molar-refractivity contribution in [1.82, 2.24) is 15.2 Å². The zero-order valence-electron chi connectivity index (χ0n) is 13.7. The van der Waals surface area contributed by atoms with Crippen molar-refractivity contribution < 1.29 is 4.79 Å². The van der Waals surface area contributed by atoms with Gasteiger partial charge in [-0.25, -0.2) is 4.98 Å². The van der Waals surface area contributed by atoms with Crippen LogP contribution in [0.4, 0.5) is 5.69 Å². The van der Waals surface area contributed by atoms with E-state index in [0.717, 1.165) is 23.9 Å². The molecule has 0 unspecified atom stereocenters. The highest BCUT2D eigenvalue weighted by molar-refractivity contribution is 7.99. The van der Waals surface area contributed by atoms with Crippen molar-refractivity contribution in [3.8, 4) is 0 Å². The Labute approximate surface area is 150 Å². The fourth-order valence-electron chi connectivity index (χ4n) is 2.92. The topological polar surface area (TPSA) is 70.7 Å². The van der Waals surface area contributed by atoms with Gasteiger partial charge in [-0.1, -0.05) is 37.4 Å².